The number of halogens is 2. The van der Waals surface area contributed by atoms with E-state index in [0.29, 0.717) is 31.3 Å². The number of ether oxygens (including phenoxy) is 1. The quantitative estimate of drug-likeness (QED) is 0.679. The summed E-state index contributed by atoms with van der Waals surface area (Å²) in [6.45, 7) is 3.52. The molecule has 0 aromatic heterocycles. The van der Waals surface area contributed by atoms with Crippen LogP contribution in [0.1, 0.15) is 38.2 Å². The van der Waals surface area contributed by atoms with Gasteiger partial charge in [0.1, 0.15) is 5.75 Å². The average Bonchev–Trinajstić information content (AvgIpc) is 2.75. The Kier molecular flexibility index (Phi) is 8.63. The zero-order valence-electron chi connectivity index (χ0n) is 18.2. The highest BCUT2D eigenvalue weighted by Gasteiger charge is 2.30. The standard InChI is InChI=1S/C23H33F2N3O3/c1-17-7-14-28(15-8-17)22(30)19-9-12-27(13-10-19)16-21(29)26-11-6-18-2-4-20(5-3-18)31-23(24)25/h2-5,17,19,23H,6-16H2,1H3,(H,26,29). The van der Waals surface area contributed by atoms with Crippen molar-refractivity contribution in [2.75, 3.05) is 39.3 Å². The van der Waals surface area contributed by atoms with Crippen molar-refractivity contribution in [2.24, 2.45) is 11.8 Å². The van der Waals surface area contributed by atoms with Crippen LogP contribution in [-0.4, -0.2) is 67.5 Å². The van der Waals surface area contributed by atoms with Crippen LogP contribution >= 0.6 is 0 Å². The minimum absolute atomic E-state index is 0.0348. The lowest BCUT2D eigenvalue weighted by molar-refractivity contribution is -0.138. The highest BCUT2D eigenvalue weighted by molar-refractivity contribution is 5.79. The third kappa shape index (κ3) is 7.45. The van der Waals surface area contributed by atoms with Gasteiger partial charge in [-0.25, -0.2) is 0 Å². The van der Waals surface area contributed by atoms with Crippen molar-refractivity contribution in [3.05, 3.63) is 29.8 Å². The summed E-state index contributed by atoms with van der Waals surface area (Å²) in [5.74, 6) is 1.18. The van der Waals surface area contributed by atoms with E-state index in [1.165, 1.54) is 12.1 Å². The van der Waals surface area contributed by atoms with Gasteiger partial charge in [0.2, 0.25) is 11.8 Å². The Labute approximate surface area is 182 Å². The Hall–Kier alpha value is -2.22. The maximum absolute atomic E-state index is 12.7. The van der Waals surface area contributed by atoms with Crippen LogP contribution in [0.5, 0.6) is 5.75 Å². The molecule has 8 heteroatoms. The molecule has 1 N–H and O–H groups in total. The first-order valence-electron chi connectivity index (χ1n) is 11.2. The molecule has 2 heterocycles. The van der Waals surface area contributed by atoms with Gasteiger partial charge in [-0.15, -0.1) is 0 Å². The molecule has 31 heavy (non-hydrogen) atoms. The van der Waals surface area contributed by atoms with Crippen molar-refractivity contribution in [3.8, 4) is 5.75 Å². The SMILES string of the molecule is CC1CCN(C(=O)C2CCN(CC(=O)NCCc3ccc(OC(F)F)cc3)CC2)CC1. The van der Waals surface area contributed by atoms with Gasteiger partial charge in [0.15, 0.2) is 0 Å². The Bertz CT molecular complexity index is 713. The normalized spacial score (nSPS) is 18.9. The van der Waals surface area contributed by atoms with Crippen LogP contribution in [0.3, 0.4) is 0 Å². The number of amides is 2. The minimum Gasteiger partial charge on any atom is -0.435 e. The average molecular weight is 438 g/mol. The predicted octanol–water partition coefficient (Wildman–Crippen LogP) is 2.92. The van der Waals surface area contributed by atoms with Crippen LogP contribution in [0.15, 0.2) is 24.3 Å². The maximum Gasteiger partial charge on any atom is 0.387 e. The van der Waals surface area contributed by atoms with Gasteiger partial charge >= 0.3 is 6.61 Å². The molecular formula is C23H33F2N3O3. The van der Waals surface area contributed by atoms with Crippen molar-refractivity contribution in [1.82, 2.24) is 15.1 Å². The molecule has 0 unspecified atom stereocenters. The molecule has 2 amide bonds. The first kappa shape index (κ1) is 23.4. The Morgan fingerprint density at radius 3 is 2.32 bits per heavy atom. The summed E-state index contributed by atoms with van der Waals surface area (Å²) in [5.41, 5.74) is 0.938. The number of alkyl halides is 2. The van der Waals surface area contributed by atoms with Crippen LogP contribution in [0.4, 0.5) is 8.78 Å². The lowest BCUT2D eigenvalue weighted by atomic mass is 9.92. The van der Waals surface area contributed by atoms with Crippen LogP contribution in [0.25, 0.3) is 0 Å². The van der Waals surface area contributed by atoms with Crippen molar-refractivity contribution < 1.29 is 23.1 Å². The largest absolute Gasteiger partial charge is 0.435 e. The summed E-state index contributed by atoms with van der Waals surface area (Å²) in [6.07, 6.45) is 4.43. The second kappa shape index (κ2) is 11.4. The predicted molar refractivity (Wildman–Crippen MR) is 114 cm³/mol. The van der Waals surface area contributed by atoms with E-state index in [1.54, 1.807) is 12.1 Å². The van der Waals surface area contributed by atoms with Gasteiger partial charge in [0, 0.05) is 25.6 Å². The van der Waals surface area contributed by atoms with E-state index in [2.05, 4.69) is 21.9 Å². The molecule has 0 bridgehead atoms. The third-order valence-corrected chi connectivity index (χ3v) is 6.28. The van der Waals surface area contributed by atoms with Gasteiger partial charge in [-0.2, -0.15) is 8.78 Å². The van der Waals surface area contributed by atoms with Gasteiger partial charge in [0.25, 0.3) is 0 Å². The van der Waals surface area contributed by atoms with E-state index in [9.17, 15) is 18.4 Å². The Morgan fingerprint density at radius 1 is 1.06 bits per heavy atom. The van der Waals surface area contributed by atoms with Crippen LogP contribution < -0.4 is 10.1 Å². The number of rotatable bonds is 8. The van der Waals surface area contributed by atoms with Crippen LogP contribution in [-0.2, 0) is 16.0 Å². The zero-order valence-corrected chi connectivity index (χ0v) is 18.2. The summed E-state index contributed by atoms with van der Waals surface area (Å²) in [4.78, 5) is 29.1. The molecular weight excluding hydrogens is 404 g/mol. The Morgan fingerprint density at radius 2 is 1.71 bits per heavy atom. The summed E-state index contributed by atoms with van der Waals surface area (Å²) in [5, 5.41) is 2.91. The lowest BCUT2D eigenvalue weighted by Gasteiger charge is -2.36. The Balaban J connectivity index is 1.31. The highest BCUT2D eigenvalue weighted by Crippen LogP contribution is 2.23. The number of benzene rings is 1. The lowest BCUT2D eigenvalue weighted by Crippen LogP contribution is -2.47. The summed E-state index contributed by atoms with van der Waals surface area (Å²) >= 11 is 0. The molecule has 1 aromatic carbocycles. The second-order valence-electron chi connectivity index (χ2n) is 8.68. The van der Waals surface area contributed by atoms with Crippen molar-refractivity contribution >= 4 is 11.8 Å². The molecule has 0 atom stereocenters. The molecule has 2 fully saturated rings. The fourth-order valence-electron chi connectivity index (χ4n) is 4.27. The topological polar surface area (TPSA) is 61.9 Å². The number of nitrogens with zero attached hydrogens (tertiary/aromatic N) is 2. The first-order valence-corrected chi connectivity index (χ1v) is 11.2. The third-order valence-electron chi connectivity index (χ3n) is 6.28. The van der Waals surface area contributed by atoms with Crippen molar-refractivity contribution in [1.29, 1.82) is 0 Å². The van der Waals surface area contributed by atoms with E-state index in [4.69, 9.17) is 0 Å². The molecule has 2 aliphatic heterocycles. The summed E-state index contributed by atoms with van der Waals surface area (Å²) in [6, 6.07) is 6.43. The van der Waals surface area contributed by atoms with Crippen molar-refractivity contribution in [3.63, 3.8) is 0 Å². The molecule has 6 nitrogen and oxygen atoms in total. The van der Waals surface area contributed by atoms with E-state index in [1.807, 2.05) is 4.90 Å². The molecule has 2 aliphatic rings. The van der Waals surface area contributed by atoms with E-state index < -0.39 is 6.61 Å². The molecule has 2 saturated heterocycles. The van der Waals surface area contributed by atoms with Gasteiger partial charge in [-0.05, 0) is 68.8 Å². The van der Waals surface area contributed by atoms with Gasteiger partial charge in [0.05, 0.1) is 6.54 Å². The maximum atomic E-state index is 12.7. The molecule has 0 radical (unpaired) electrons. The number of likely N-dealkylation sites (tertiary alicyclic amines) is 2. The molecule has 0 saturated carbocycles. The number of hydrogen-bond acceptors (Lipinski definition) is 4. The van der Waals surface area contributed by atoms with E-state index >= 15 is 0 Å². The molecule has 0 aliphatic carbocycles. The van der Waals surface area contributed by atoms with Crippen molar-refractivity contribution in [2.45, 2.75) is 45.6 Å². The van der Waals surface area contributed by atoms with Crippen LogP contribution in [0, 0.1) is 11.8 Å². The summed E-state index contributed by atoms with van der Waals surface area (Å²) < 4.78 is 28.7. The number of carbonyl (C=O) groups excluding carboxylic acids is 2. The first-order chi connectivity index (χ1) is 14.9. The second-order valence-corrected chi connectivity index (χ2v) is 8.68. The molecule has 0 spiro atoms. The van der Waals surface area contributed by atoms with Gasteiger partial charge < -0.3 is 15.0 Å². The highest BCUT2D eigenvalue weighted by atomic mass is 19.3. The number of hydrogen-bond donors (Lipinski definition) is 1. The number of nitrogens with one attached hydrogen (secondary N) is 1. The molecule has 1 aromatic rings. The van der Waals surface area contributed by atoms with Gasteiger partial charge in [-0.1, -0.05) is 19.1 Å². The molecule has 172 valence electrons. The van der Waals surface area contributed by atoms with E-state index in [0.717, 1.165) is 57.4 Å². The number of carbonyl (C=O) groups is 2. The van der Waals surface area contributed by atoms with Gasteiger partial charge in [-0.3, -0.25) is 14.5 Å². The fraction of sp³-hybridized carbons (Fsp3) is 0.652. The molecule has 3 rings (SSSR count). The number of piperidine rings is 2. The zero-order chi connectivity index (χ0) is 22.2. The smallest absolute Gasteiger partial charge is 0.387 e. The monoisotopic (exact) mass is 437 g/mol. The van der Waals surface area contributed by atoms with Crippen LogP contribution in [0.2, 0.25) is 0 Å². The minimum atomic E-state index is -2.83. The fourth-order valence-corrected chi connectivity index (χ4v) is 4.27. The summed E-state index contributed by atoms with van der Waals surface area (Å²) in [7, 11) is 0. The van der Waals surface area contributed by atoms with E-state index in [-0.39, 0.29) is 17.6 Å².